The number of nitrogens with zero attached hydrogens (tertiary/aromatic N) is 2. The molecule has 0 saturated heterocycles. The topological polar surface area (TPSA) is 94.7 Å². The first-order valence-corrected chi connectivity index (χ1v) is 6.84. The molecule has 0 aliphatic rings. The Labute approximate surface area is 124 Å². The molecule has 0 unspecified atom stereocenters. The molecular weight excluding hydrogens is 280 g/mol. The van der Waals surface area contributed by atoms with Crippen molar-refractivity contribution in [3.63, 3.8) is 0 Å². The first-order valence-electron chi connectivity index (χ1n) is 6.84. The number of carbonyl (C=O) groups is 1. The minimum Gasteiger partial charge on any atom is -0.377 e. The van der Waals surface area contributed by atoms with E-state index in [2.05, 4.69) is 19.9 Å². The maximum absolute atomic E-state index is 12.4. The van der Waals surface area contributed by atoms with Crippen LogP contribution >= 0.6 is 0 Å². The second kappa shape index (κ2) is 4.78. The minimum atomic E-state index is -1.38. The van der Waals surface area contributed by atoms with Crippen LogP contribution in [0.5, 0.6) is 0 Å². The van der Waals surface area contributed by atoms with Crippen molar-refractivity contribution in [2.24, 2.45) is 0 Å². The number of aliphatic hydroxyl groups excluding tert-OH is 1. The fourth-order valence-electron chi connectivity index (χ4n) is 2.43. The van der Waals surface area contributed by atoms with E-state index in [1.807, 2.05) is 42.5 Å². The molecule has 0 radical (unpaired) electrons. The summed E-state index contributed by atoms with van der Waals surface area (Å²) in [7, 11) is 0. The van der Waals surface area contributed by atoms with Crippen LogP contribution in [0.3, 0.4) is 0 Å². The summed E-state index contributed by atoms with van der Waals surface area (Å²) in [5, 5.41) is 10.3. The van der Waals surface area contributed by atoms with Gasteiger partial charge in [0.15, 0.2) is 11.9 Å². The highest BCUT2D eigenvalue weighted by Gasteiger charge is 2.25. The number of carbonyl (C=O) groups excluding carboxylic acids is 1. The normalized spacial score (nSPS) is 12.8. The first kappa shape index (κ1) is 12.7. The van der Waals surface area contributed by atoms with Crippen LogP contribution in [-0.2, 0) is 0 Å². The van der Waals surface area contributed by atoms with Gasteiger partial charge in [-0.25, -0.2) is 9.97 Å². The highest BCUT2D eigenvalue weighted by Crippen LogP contribution is 2.20. The summed E-state index contributed by atoms with van der Waals surface area (Å²) in [4.78, 5) is 26.7. The molecule has 2 heterocycles. The Morgan fingerprint density at radius 2 is 1.50 bits per heavy atom. The van der Waals surface area contributed by atoms with Gasteiger partial charge in [0.25, 0.3) is 0 Å². The van der Waals surface area contributed by atoms with Crippen molar-refractivity contribution in [3.05, 3.63) is 60.2 Å². The van der Waals surface area contributed by atoms with Crippen molar-refractivity contribution < 1.29 is 9.90 Å². The summed E-state index contributed by atoms with van der Waals surface area (Å²) >= 11 is 0. The number of aliphatic hydroxyl groups is 1. The van der Waals surface area contributed by atoms with E-state index in [1.54, 1.807) is 6.07 Å². The van der Waals surface area contributed by atoms with E-state index in [9.17, 15) is 9.90 Å². The van der Waals surface area contributed by atoms with E-state index >= 15 is 0 Å². The molecule has 3 N–H and O–H groups in total. The average Bonchev–Trinajstić information content (AvgIpc) is 3.16. The molecule has 4 rings (SSSR count). The Bertz CT molecular complexity index is 920. The van der Waals surface area contributed by atoms with Crippen molar-refractivity contribution in [1.29, 1.82) is 0 Å². The van der Waals surface area contributed by atoms with Crippen LogP contribution in [0.2, 0.25) is 0 Å². The number of nitrogens with one attached hydrogen (secondary N) is 2. The molecule has 4 aromatic rings. The Hall–Kier alpha value is -2.99. The lowest BCUT2D eigenvalue weighted by Gasteiger charge is -2.03. The molecular formula is C16H12N4O2. The van der Waals surface area contributed by atoms with Crippen LogP contribution in [0.15, 0.2) is 48.5 Å². The third kappa shape index (κ3) is 1.97. The van der Waals surface area contributed by atoms with Gasteiger partial charge >= 0.3 is 0 Å². The molecule has 0 spiro atoms. The predicted octanol–water partition coefficient (Wildman–Crippen LogP) is 2.36. The van der Waals surface area contributed by atoms with Gasteiger partial charge in [-0.1, -0.05) is 24.3 Å². The average molecular weight is 292 g/mol. The lowest BCUT2D eigenvalue weighted by Crippen LogP contribution is -2.15. The molecule has 0 amide bonds. The minimum absolute atomic E-state index is 0.120. The van der Waals surface area contributed by atoms with Gasteiger partial charge < -0.3 is 15.1 Å². The van der Waals surface area contributed by atoms with Gasteiger partial charge in [0.2, 0.25) is 5.78 Å². The van der Waals surface area contributed by atoms with Crippen LogP contribution in [0, 0.1) is 0 Å². The molecule has 2 aromatic carbocycles. The number of Topliss-reactive ketones (excluding diaryl/α,β-unsaturated/α-hetero) is 1. The monoisotopic (exact) mass is 292 g/mol. The van der Waals surface area contributed by atoms with Crippen LogP contribution < -0.4 is 0 Å². The molecule has 0 saturated carbocycles. The Morgan fingerprint density at radius 1 is 0.909 bits per heavy atom. The summed E-state index contributed by atoms with van der Waals surface area (Å²) in [5.41, 5.74) is 2.91. The van der Waals surface area contributed by atoms with Gasteiger partial charge in [-0.05, 0) is 24.3 Å². The highest BCUT2D eigenvalue weighted by molar-refractivity contribution is 5.99. The van der Waals surface area contributed by atoms with Gasteiger partial charge in [-0.2, -0.15) is 0 Å². The maximum atomic E-state index is 12.4. The SMILES string of the molecule is O=C(c1nc2ccccc2[nH]1)[C@H](O)c1nc2ccccc2[nH]1. The summed E-state index contributed by atoms with van der Waals surface area (Å²) in [6, 6.07) is 14.7. The molecule has 6 heteroatoms. The van der Waals surface area contributed by atoms with Gasteiger partial charge in [0.05, 0.1) is 22.1 Å². The second-order valence-electron chi connectivity index (χ2n) is 5.01. The summed E-state index contributed by atoms with van der Waals surface area (Å²) in [5.74, 6) is -0.184. The van der Waals surface area contributed by atoms with Gasteiger partial charge in [0.1, 0.15) is 5.82 Å². The van der Waals surface area contributed by atoms with Gasteiger partial charge in [-0.15, -0.1) is 0 Å². The van der Waals surface area contributed by atoms with Crippen LogP contribution in [0.25, 0.3) is 22.1 Å². The fraction of sp³-hybridized carbons (Fsp3) is 0.0625. The fourth-order valence-corrected chi connectivity index (χ4v) is 2.43. The van der Waals surface area contributed by atoms with Crippen molar-refractivity contribution in [3.8, 4) is 0 Å². The van der Waals surface area contributed by atoms with E-state index in [0.29, 0.717) is 11.0 Å². The third-order valence-corrected chi connectivity index (χ3v) is 3.54. The molecule has 0 aliphatic heterocycles. The number of aromatic nitrogens is 4. The molecule has 22 heavy (non-hydrogen) atoms. The second-order valence-corrected chi connectivity index (χ2v) is 5.01. The first-order chi connectivity index (χ1) is 10.7. The van der Waals surface area contributed by atoms with E-state index < -0.39 is 11.9 Å². The number of rotatable bonds is 3. The largest absolute Gasteiger partial charge is 0.377 e. The number of hydrogen-bond acceptors (Lipinski definition) is 4. The number of aromatic amines is 2. The zero-order valence-corrected chi connectivity index (χ0v) is 11.4. The lowest BCUT2D eigenvalue weighted by atomic mass is 10.2. The molecule has 2 aromatic heterocycles. The number of H-pyrrole nitrogens is 2. The molecule has 0 fully saturated rings. The molecule has 0 aliphatic carbocycles. The molecule has 108 valence electrons. The smallest absolute Gasteiger partial charge is 0.234 e. The standard InChI is InChI=1S/C16H12N4O2/c21-13(15-17-9-5-1-2-6-10(9)18-15)14(22)16-19-11-7-3-4-8-12(11)20-16/h1-8,13,21H,(H,17,18)(H,19,20)/t13-/m0/s1. The Kier molecular flexibility index (Phi) is 2.77. The van der Waals surface area contributed by atoms with Gasteiger partial charge in [0, 0.05) is 0 Å². The molecule has 1 atom stereocenters. The summed E-state index contributed by atoms with van der Waals surface area (Å²) < 4.78 is 0. The van der Waals surface area contributed by atoms with Crippen LogP contribution in [0.1, 0.15) is 22.5 Å². The van der Waals surface area contributed by atoms with Crippen molar-refractivity contribution in [1.82, 2.24) is 19.9 Å². The number of para-hydroxylation sites is 4. The van der Waals surface area contributed by atoms with E-state index in [1.165, 1.54) is 0 Å². The number of hydrogen-bond donors (Lipinski definition) is 3. The van der Waals surface area contributed by atoms with E-state index in [4.69, 9.17) is 0 Å². The number of benzene rings is 2. The number of fused-ring (bicyclic) bond motifs is 2. The molecule has 0 bridgehead atoms. The number of imidazole rings is 2. The van der Waals surface area contributed by atoms with Crippen LogP contribution in [0.4, 0.5) is 0 Å². The summed E-state index contributed by atoms with van der Waals surface area (Å²) in [6.07, 6.45) is -1.38. The van der Waals surface area contributed by atoms with Crippen molar-refractivity contribution in [2.75, 3.05) is 0 Å². The zero-order chi connectivity index (χ0) is 15.1. The molecule has 6 nitrogen and oxygen atoms in total. The number of ketones is 1. The van der Waals surface area contributed by atoms with E-state index in [-0.39, 0.29) is 11.6 Å². The zero-order valence-electron chi connectivity index (χ0n) is 11.4. The Morgan fingerprint density at radius 3 is 2.14 bits per heavy atom. The van der Waals surface area contributed by atoms with E-state index in [0.717, 1.165) is 11.0 Å². The quantitative estimate of drug-likeness (QED) is 0.505. The van der Waals surface area contributed by atoms with Gasteiger partial charge in [-0.3, -0.25) is 4.79 Å². The third-order valence-electron chi connectivity index (χ3n) is 3.54. The highest BCUT2D eigenvalue weighted by atomic mass is 16.3. The lowest BCUT2D eigenvalue weighted by molar-refractivity contribution is 0.0723. The maximum Gasteiger partial charge on any atom is 0.234 e. The summed E-state index contributed by atoms with van der Waals surface area (Å²) in [6.45, 7) is 0. The van der Waals surface area contributed by atoms with Crippen LogP contribution in [-0.4, -0.2) is 30.8 Å². The van der Waals surface area contributed by atoms with Crippen molar-refractivity contribution >= 4 is 27.9 Å². The van der Waals surface area contributed by atoms with Crippen molar-refractivity contribution in [2.45, 2.75) is 6.10 Å². The Balaban J connectivity index is 1.71. The predicted molar refractivity (Wildman–Crippen MR) is 81.5 cm³/mol.